The number of aromatic amines is 1. The summed E-state index contributed by atoms with van der Waals surface area (Å²) in [5.74, 6) is -2.46. The topological polar surface area (TPSA) is 66.0 Å². The largest absolute Gasteiger partial charge is 0.476 e. The molecule has 2 N–H and O–H groups in total. The average molecular weight is 252 g/mol. The van der Waals surface area contributed by atoms with E-state index in [1.807, 2.05) is 0 Å². The van der Waals surface area contributed by atoms with Gasteiger partial charge in [0.25, 0.3) is 0 Å². The van der Waals surface area contributed by atoms with Crippen LogP contribution in [0.4, 0.5) is 8.78 Å². The predicted molar refractivity (Wildman–Crippen MR) is 60.3 cm³/mol. The molecule has 2 aromatic rings. The van der Waals surface area contributed by atoms with Gasteiger partial charge in [0, 0.05) is 5.69 Å². The summed E-state index contributed by atoms with van der Waals surface area (Å²) < 4.78 is 26.6. The summed E-state index contributed by atoms with van der Waals surface area (Å²) in [7, 11) is 0. The number of carboxylic acid groups (broad SMARTS) is 1. The Bertz CT molecular complexity index is 608. The summed E-state index contributed by atoms with van der Waals surface area (Å²) in [5.41, 5.74) is 0.120. The normalized spacial score (nSPS) is 10.6. The maximum absolute atomic E-state index is 13.5. The highest BCUT2D eigenvalue weighted by Gasteiger charge is 2.18. The third-order valence-corrected chi connectivity index (χ3v) is 2.52. The van der Waals surface area contributed by atoms with Crippen LogP contribution in [0.5, 0.6) is 0 Å². The van der Waals surface area contributed by atoms with E-state index in [1.54, 1.807) is 6.92 Å². The molecule has 6 heteroatoms. The van der Waals surface area contributed by atoms with Crippen molar-refractivity contribution in [2.75, 3.05) is 0 Å². The zero-order valence-corrected chi connectivity index (χ0v) is 9.50. The minimum Gasteiger partial charge on any atom is -0.476 e. The standard InChI is InChI=1S/C12H10F2N2O2/c1-2-9-10(12(17)18)16-11(15-9)7-5-6(13)3-4-8(7)14/h3-5H,2H2,1H3,(H,15,16)(H,17,18). The van der Waals surface area contributed by atoms with Gasteiger partial charge >= 0.3 is 5.97 Å². The first kappa shape index (κ1) is 12.2. The Morgan fingerprint density at radius 3 is 2.72 bits per heavy atom. The highest BCUT2D eigenvalue weighted by molar-refractivity contribution is 5.87. The molecule has 0 radical (unpaired) electrons. The molecule has 0 aliphatic heterocycles. The Morgan fingerprint density at radius 1 is 1.44 bits per heavy atom. The third-order valence-electron chi connectivity index (χ3n) is 2.52. The van der Waals surface area contributed by atoms with E-state index in [0.29, 0.717) is 12.1 Å². The number of carbonyl (C=O) groups is 1. The Labute approximate surface area is 101 Å². The number of imidazole rings is 1. The van der Waals surface area contributed by atoms with Crippen molar-refractivity contribution >= 4 is 5.97 Å². The number of H-pyrrole nitrogens is 1. The lowest BCUT2D eigenvalue weighted by molar-refractivity contribution is 0.0690. The van der Waals surface area contributed by atoms with Gasteiger partial charge in [-0.25, -0.2) is 18.6 Å². The molecule has 18 heavy (non-hydrogen) atoms. The number of carboxylic acids is 1. The number of nitrogens with zero attached hydrogens (tertiary/aromatic N) is 1. The SMILES string of the molecule is CCc1[nH]c(-c2cc(F)ccc2F)nc1C(=O)O. The molecule has 1 aromatic heterocycles. The van der Waals surface area contributed by atoms with Crippen LogP contribution in [0.15, 0.2) is 18.2 Å². The molecule has 2 rings (SSSR count). The molecule has 0 aliphatic rings. The quantitative estimate of drug-likeness (QED) is 0.882. The number of benzene rings is 1. The molecule has 0 fully saturated rings. The van der Waals surface area contributed by atoms with E-state index in [2.05, 4.69) is 9.97 Å². The molecular formula is C12H10F2N2O2. The lowest BCUT2D eigenvalue weighted by Gasteiger charge is -1.99. The Balaban J connectivity index is 2.57. The molecule has 4 nitrogen and oxygen atoms in total. The third kappa shape index (κ3) is 2.09. The number of aromatic nitrogens is 2. The van der Waals surface area contributed by atoms with E-state index in [1.165, 1.54) is 0 Å². The molecule has 0 amide bonds. The van der Waals surface area contributed by atoms with Crippen LogP contribution in [-0.2, 0) is 6.42 Å². The maximum atomic E-state index is 13.5. The number of nitrogens with one attached hydrogen (secondary N) is 1. The first-order valence-corrected chi connectivity index (χ1v) is 5.30. The zero-order valence-electron chi connectivity index (χ0n) is 9.50. The average Bonchev–Trinajstić information content (AvgIpc) is 2.76. The van der Waals surface area contributed by atoms with Crippen molar-refractivity contribution in [1.82, 2.24) is 9.97 Å². The van der Waals surface area contributed by atoms with Gasteiger partial charge in [-0.05, 0) is 24.6 Å². The number of aromatic carboxylic acids is 1. The molecule has 0 aliphatic carbocycles. The lowest BCUT2D eigenvalue weighted by Crippen LogP contribution is -2.00. The summed E-state index contributed by atoms with van der Waals surface area (Å²) in [5, 5.41) is 8.93. The van der Waals surface area contributed by atoms with Gasteiger partial charge < -0.3 is 10.1 Å². The Hall–Kier alpha value is -2.24. The van der Waals surface area contributed by atoms with Crippen LogP contribution < -0.4 is 0 Å². The van der Waals surface area contributed by atoms with Crippen LogP contribution in [0.25, 0.3) is 11.4 Å². The monoisotopic (exact) mass is 252 g/mol. The van der Waals surface area contributed by atoms with Gasteiger partial charge in [-0.15, -0.1) is 0 Å². The number of rotatable bonds is 3. The van der Waals surface area contributed by atoms with Crippen molar-refractivity contribution in [3.63, 3.8) is 0 Å². The van der Waals surface area contributed by atoms with Crippen LogP contribution in [-0.4, -0.2) is 21.0 Å². The molecule has 0 bridgehead atoms. The summed E-state index contributed by atoms with van der Waals surface area (Å²) in [6.45, 7) is 1.74. The minimum atomic E-state index is -1.20. The fraction of sp³-hybridized carbons (Fsp3) is 0.167. The molecule has 0 saturated heterocycles. The van der Waals surface area contributed by atoms with Gasteiger partial charge in [-0.2, -0.15) is 0 Å². The van der Waals surface area contributed by atoms with E-state index < -0.39 is 17.6 Å². The summed E-state index contributed by atoms with van der Waals surface area (Å²) in [6, 6.07) is 2.93. The summed E-state index contributed by atoms with van der Waals surface area (Å²) in [6.07, 6.45) is 0.408. The first-order valence-electron chi connectivity index (χ1n) is 5.30. The second-order valence-corrected chi connectivity index (χ2v) is 3.70. The van der Waals surface area contributed by atoms with Crippen LogP contribution in [0.2, 0.25) is 0 Å². The van der Waals surface area contributed by atoms with E-state index in [-0.39, 0.29) is 17.1 Å². The molecule has 1 aromatic carbocycles. The van der Waals surface area contributed by atoms with Gasteiger partial charge in [0.15, 0.2) is 5.69 Å². The van der Waals surface area contributed by atoms with Gasteiger partial charge in [0.05, 0.1) is 5.56 Å². The van der Waals surface area contributed by atoms with Gasteiger partial charge in [0.1, 0.15) is 17.5 Å². The van der Waals surface area contributed by atoms with Crippen LogP contribution >= 0.6 is 0 Å². The van der Waals surface area contributed by atoms with Crippen LogP contribution in [0.3, 0.4) is 0 Å². The van der Waals surface area contributed by atoms with Crippen molar-refractivity contribution < 1.29 is 18.7 Å². The lowest BCUT2D eigenvalue weighted by atomic mass is 10.2. The van der Waals surface area contributed by atoms with E-state index in [0.717, 1.165) is 18.2 Å². The smallest absolute Gasteiger partial charge is 0.356 e. The molecular weight excluding hydrogens is 242 g/mol. The van der Waals surface area contributed by atoms with Crippen LogP contribution in [0.1, 0.15) is 23.1 Å². The number of hydrogen-bond acceptors (Lipinski definition) is 2. The van der Waals surface area contributed by atoms with E-state index in [4.69, 9.17) is 5.11 Å². The molecule has 0 unspecified atom stereocenters. The summed E-state index contributed by atoms with van der Waals surface area (Å²) in [4.78, 5) is 17.4. The fourth-order valence-corrected chi connectivity index (χ4v) is 1.65. The van der Waals surface area contributed by atoms with Crippen molar-refractivity contribution in [2.45, 2.75) is 13.3 Å². The van der Waals surface area contributed by atoms with Crippen molar-refractivity contribution in [3.05, 3.63) is 41.2 Å². The van der Waals surface area contributed by atoms with Crippen molar-refractivity contribution in [2.24, 2.45) is 0 Å². The molecule has 0 saturated carbocycles. The van der Waals surface area contributed by atoms with Crippen molar-refractivity contribution in [1.29, 1.82) is 0 Å². The Morgan fingerprint density at radius 2 is 2.17 bits per heavy atom. The molecule has 0 spiro atoms. The van der Waals surface area contributed by atoms with Gasteiger partial charge in [0.2, 0.25) is 0 Å². The number of hydrogen-bond donors (Lipinski definition) is 2. The Kier molecular flexibility index (Phi) is 3.10. The number of halogens is 2. The predicted octanol–water partition coefficient (Wildman–Crippen LogP) is 2.62. The molecule has 94 valence electrons. The molecule has 0 atom stereocenters. The van der Waals surface area contributed by atoms with E-state index >= 15 is 0 Å². The van der Waals surface area contributed by atoms with Gasteiger partial charge in [-0.3, -0.25) is 0 Å². The summed E-state index contributed by atoms with van der Waals surface area (Å²) >= 11 is 0. The highest BCUT2D eigenvalue weighted by Crippen LogP contribution is 2.22. The second-order valence-electron chi connectivity index (χ2n) is 3.70. The fourth-order valence-electron chi connectivity index (χ4n) is 1.65. The second kappa shape index (κ2) is 4.56. The number of aryl methyl sites for hydroxylation is 1. The van der Waals surface area contributed by atoms with Gasteiger partial charge in [-0.1, -0.05) is 6.92 Å². The van der Waals surface area contributed by atoms with E-state index in [9.17, 15) is 13.6 Å². The minimum absolute atomic E-state index is 0.0150. The zero-order chi connectivity index (χ0) is 13.3. The molecule has 1 heterocycles. The highest BCUT2D eigenvalue weighted by atomic mass is 19.1. The first-order chi connectivity index (χ1) is 8.52. The van der Waals surface area contributed by atoms with Crippen molar-refractivity contribution in [3.8, 4) is 11.4 Å². The maximum Gasteiger partial charge on any atom is 0.356 e. The van der Waals surface area contributed by atoms with Crippen LogP contribution in [0, 0.1) is 11.6 Å².